The second-order valence-corrected chi connectivity index (χ2v) is 8.35. The van der Waals surface area contributed by atoms with Crippen molar-refractivity contribution >= 4 is 29.3 Å². The van der Waals surface area contributed by atoms with Crippen molar-refractivity contribution in [2.24, 2.45) is 0 Å². The smallest absolute Gasteiger partial charge is 0.230 e. The number of unbranched alkanes of at least 4 members (excludes halogenated alkanes) is 1. The van der Waals surface area contributed by atoms with Gasteiger partial charge in [0.2, 0.25) is 5.91 Å². The summed E-state index contributed by atoms with van der Waals surface area (Å²) in [7, 11) is 0. The zero-order chi connectivity index (χ0) is 22.1. The van der Waals surface area contributed by atoms with Crippen molar-refractivity contribution in [1.29, 1.82) is 0 Å². The Kier molecular flexibility index (Phi) is 8.79. The predicted molar refractivity (Wildman–Crippen MR) is 126 cm³/mol. The van der Waals surface area contributed by atoms with Gasteiger partial charge >= 0.3 is 0 Å². The standard InChI is InChI=1S/C23H27ClN4O2S/c1-3-5-14-30-20-12-8-18(9-13-20)22-26-27-23(28(22)4-2)31-16-21(29)25-15-17-6-10-19(24)11-7-17/h6-13H,3-5,14-16H2,1-2H3,(H,25,29). The lowest BCUT2D eigenvalue weighted by molar-refractivity contribution is -0.118. The van der Waals surface area contributed by atoms with Crippen LogP contribution in [-0.4, -0.2) is 33.0 Å². The van der Waals surface area contributed by atoms with E-state index in [1.54, 1.807) is 0 Å². The molecule has 164 valence electrons. The first-order chi connectivity index (χ1) is 15.1. The summed E-state index contributed by atoms with van der Waals surface area (Å²) >= 11 is 7.27. The third-order valence-electron chi connectivity index (χ3n) is 4.65. The Morgan fingerprint density at radius 1 is 1.10 bits per heavy atom. The van der Waals surface area contributed by atoms with E-state index in [9.17, 15) is 4.79 Å². The first-order valence-electron chi connectivity index (χ1n) is 10.4. The van der Waals surface area contributed by atoms with Gasteiger partial charge in [-0.1, -0.05) is 48.8 Å². The molecular weight excluding hydrogens is 432 g/mol. The van der Waals surface area contributed by atoms with Gasteiger partial charge in [0, 0.05) is 23.7 Å². The molecule has 0 saturated heterocycles. The molecule has 0 radical (unpaired) electrons. The number of nitrogens with zero attached hydrogens (tertiary/aromatic N) is 3. The summed E-state index contributed by atoms with van der Waals surface area (Å²) in [6, 6.07) is 15.3. The van der Waals surface area contributed by atoms with Crippen molar-refractivity contribution in [3.8, 4) is 17.1 Å². The molecule has 8 heteroatoms. The zero-order valence-corrected chi connectivity index (χ0v) is 19.4. The Bertz CT molecular complexity index is 974. The molecule has 1 amide bonds. The van der Waals surface area contributed by atoms with Crippen molar-refractivity contribution in [2.75, 3.05) is 12.4 Å². The third kappa shape index (κ3) is 6.74. The van der Waals surface area contributed by atoms with Gasteiger partial charge in [-0.3, -0.25) is 4.79 Å². The maximum atomic E-state index is 12.2. The van der Waals surface area contributed by atoms with Crippen LogP contribution in [0.4, 0.5) is 0 Å². The minimum absolute atomic E-state index is 0.0549. The van der Waals surface area contributed by atoms with Gasteiger partial charge in [-0.2, -0.15) is 0 Å². The minimum Gasteiger partial charge on any atom is -0.494 e. The van der Waals surface area contributed by atoms with Crippen LogP contribution >= 0.6 is 23.4 Å². The molecule has 3 rings (SSSR count). The van der Waals surface area contributed by atoms with Gasteiger partial charge in [0.15, 0.2) is 11.0 Å². The molecule has 0 fully saturated rings. The summed E-state index contributed by atoms with van der Waals surface area (Å²) < 4.78 is 7.74. The van der Waals surface area contributed by atoms with E-state index in [1.807, 2.05) is 60.0 Å². The summed E-state index contributed by atoms with van der Waals surface area (Å²) in [6.45, 7) is 6.09. The van der Waals surface area contributed by atoms with Crippen molar-refractivity contribution in [3.63, 3.8) is 0 Å². The van der Waals surface area contributed by atoms with E-state index in [1.165, 1.54) is 11.8 Å². The lowest BCUT2D eigenvalue weighted by Gasteiger charge is -2.09. The Morgan fingerprint density at radius 3 is 2.52 bits per heavy atom. The lowest BCUT2D eigenvalue weighted by Crippen LogP contribution is -2.24. The van der Waals surface area contributed by atoms with E-state index in [-0.39, 0.29) is 11.7 Å². The maximum absolute atomic E-state index is 12.2. The van der Waals surface area contributed by atoms with Gasteiger partial charge in [-0.25, -0.2) is 0 Å². The number of carbonyl (C=O) groups is 1. The highest BCUT2D eigenvalue weighted by Crippen LogP contribution is 2.25. The first kappa shape index (κ1) is 23.2. The SMILES string of the molecule is CCCCOc1ccc(-c2nnc(SCC(=O)NCc3ccc(Cl)cc3)n2CC)cc1. The van der Waals surface area contributed by atoms with Crippen molar-refractivity contribution in [2.45, 2.75) is 44.9 Å². The number of hydrogen-bond donors (Lipinski definition) is 1. The molecule has 1 N–H and O–H groups in total. The molecule has 1 heterocycles. The van der Waals surface area contributed by atoms with E-state index in [4.69, 9.17) is 16.3 Å². The molecule has 0 atom stereocenters. The van der Waals surface area contributed by atoms with Crippen molar-refractivity contribution in [3.05, 3.63) is 59.1 Å². The monoisotopic (exact) mass is 458 g/mol. The average molecular weight is 459 g/mol. The zero-order valence-electron chi connectivity index (χ0n) is 17.8. The van der Waals surface area contributed by atoms with Crippen LogP contribution in [0.1, 0.15) is 32.3 Å². The van der Waals surface area contributed by atoms with Crippen molar-refractivity contribution < 1.29 is 9.53 Å². The van der Waals surface area contributed by atoms with E-state index in [2.05, 4.69) is 22.4 Å². The number of amides is 1. The fourth-order valence-electron chi connectivity index (χ4n) is 2.91. The number of thioether (sulfide) groups is 1. The quantitative estimate of drug-likeness (QED) is 0.315. The molecule has 2 aromatic carbocycles. The second-order valence-electron chi connectivity index (χ2n) is 6.97. The minimum atomic E-state index is -0.0549. The third-order valence-corrected chi connectivity index (χ3v) is 5.87. The molecule has 0 bridgehead atoms. The number of nitrogens with one attached hydrogen (secondary N) is 1. The van der Waals surface area contributed by atoms with Crippen molar-refractivity contribution in [1.82, 2.24) is 20.1 Å². The van der Waals surface area contributed by atoms with Crippen LogP contribution in [0.25, 0.3) is 11.4 Å². The van der Waals surface area contributed by atoms with Crippen LogP contribution in [-0.2, 0) is 17.9 Å². The van der Waals surface area contributed by atoms with Crippen LogP contribution < -0.4 is 10.1 Å². The molecule has 6 nitrogen and oxygen atoms in total. The molecule has 0 spiro atoms. The number of carbonyl (C=O) groups excluding carboxylic acids is 1. The van der Waals surface area contributed by atoms with Gasteiger partial charge in [-0.15, -0.1) is 10.2 Å². The van der Waals surface area contributed by atoms with E-state index >= 15 is 0 Å². The van der Waals surface area contributed by atoms with Crippen LogP contribution in [0.15, 0.2) is 53.7 Å². The Balaban J connectivity index is 1.56. The largest absolute Gasteiger partial charge is 0.494 e. The van der Waals surface area contributed by atoms with Gasteiger partial charge in [0.25, 0.3) is 0 Å². The summed E-state index contributed by atoms with van der Waals surface area (Å²) in [6.07, 6.45) is 2.15. The van der Waals surface area contributed by atoms with E-state index in [0.717, 1.165) is 47.3 Å². The molecular formula is C23H27ClN4O2S. The molecule has 0 aliphatic rings. The predicted octanol–water partition coefficient (Wildman–Crippen LogP) is 5.21. The van der Waals surface area contributed by atoms with Crippen LogP contribution in [0.5, 0.6) is 5.75 Å². The number of rotatable bonds is 11. The molecule has 3 aromatic rings. The Labute approximate surface area is 192 Å². The van der Waals surface area contributed by atoms with Gasteiger partial charge in [0.05, 0.1) is 12.4 Å². The summed E-state index contributed by atoms with van der Waals surface area (Å²) in [5.74, 6) is 1.86. The first-order valence-corrected chi connectivity index (χ1v) is 11.8. The highest BCUT2D eigenvalue weighted by atomic mass is 35.5. The molecule has 0 aliphatic heterocycles. The maximum Gasteiger partial charge on any atom is 0.230 e. The topological polar surface area (TPSA) is 69.0 Å². The molecule has 1 aromatic heterocycles. The highest BCUT2D eigenvalue weighted by molar-refractivity contribution is 7.99. The van der Waals surface area contributed by atoms with Gasteiger partial charge in [0.1, 0.15) is 5.75 Å². The Morgan fingerprint density at radius 2 is 1.84 bits per heavy atom. The van der Waals surface area contributed by atoms with Gasteiger partial charge < -0.3 is 14.6 Å². The number of benzene rings is 2. The lowest BCUT2D eigenvalue weighted by atomic mass is 10.2. The van der Waals surface area contributed by atoms with Gasteiger partial charge in [-0.05, 0) is 55.3 Å². The van der Waals surface area contributed by atoms with Crippen LogP contribution in [0.2, 0.25) is 5.02 Å². The second kappa shape index (κ2) is 11.8. The van der Waals surface area contributed by atoms with Crippen LogP contribution in [0.3, 0.4) is 0 Å². The molecule has 0 aliphatic carbocycles. The fraction of sp³-hybridized carbons (Fsp3) is 0.348. The molecule has 31 heavy (non-hydrogen) atoms. The number of aromatic nitrogens is 3. The van der Waals surface area contributed by atoms with Crippen LogP contribution in [0, 0.1) is 0 Å². The summed E-state index contributed by atoms with van der Waals surface area (Å²) in [5, 5.41) is 13.0. The van der Waals surface area contributed by atoms with E-state index in [0.29, 0.717) is 18.1 Å². The number of hydrogen-bond acceptors (Lipinski definition) is 5. The summed E-state index contributed by atoms with van der Waals surface area (Å²) in [5.41, 5.74) is 1.97. The summed E-state index contributed by atoms with van der Waals surface area (Å²) in [4.78, 5) is 12.2. The number of ether oxygens (including phenoxy) is 1. The highest BCUT2D eigenvalue weighted by Gasteiger charge is 2.14. The van der Waals surface area contributed by atoms with E-state index < -0.39 is 0 Å². The average Bonchev–Trinajstić information content (AvgIpc) is 3.21. The Hall–Kier alpha value is -2.51. The fourth-order valence-corrected chi connectivity index (χ4v) is 3.87. The molecule has 0 unspecified atom stereocenters. The molecule has 0 saturated carbocycles. The number of halogens is 1. The normalized spacial score (nSPS) is 10.8.